The molecule has 6 rings (SSSR count). The van der Waals surface area contributed by atoms with Crippen LogP contribution in [0.5, 0.6) is 17.2 Å². The lowest BCUT2D eigenvalue weighted by atomic mass is 9.67. The number of nitrogens with zero attached hydrogens (tertiary/aromatic N) is 1. The Morgan fingerprint density at radius 3 is 2.55 bits per heavy atom. The van der Waals surface area contributed by atoms with Crippen molar-refractivity contribution >= 4 is 17.5 Å². The van der Waals surface area contributed by atoms with Crippen molar-refractivity contribution in [3.8, 4) is 17.2 Å². The molecule has 3 aliphatic rings. The van der Waals surface area contributed by atoms with Crippen LogP contribution >= 0.6 is 0 Å². The molecular weight excluding hydrogens is 644 g/mol. The first-order valence-corrected chi connectivity index (χ1v) is 18.8. The van der Waals surface area contributed by atoms with E-state index in [0.717, 1.165) is 55.5 Å². The van der Waals surface area contributed by atoms with Gasteiger partial charge in [0.15, 0.2) is 12.4 Å². The van der Waals surface area contributed by atoms with E-state index in [0.29, 0.717) is 75.2 Å². The maximum atomic E-state index is 13.6. The summed E-state index contributed by atoms with van der Waals surface area (Å²) in [6.07, 6.45) is 8.32. The number of amides is 2. The topological polar surface area (TPSA) is 132 Å². The highest BCUT2D eigenvalue weighted by molar-refractivity contribution is 5.97. The molecule has 2 aliphatic heterocycles. The predicted octanol–water partition coefficient (Wildman–Crippen LogP) is 5.29. The molecule has 10 heteroatoms. The van der Waals surface area contributed by atoms with E-state index in [1.807, 2.05) is 29.2 Å². The van der Waals surface area contributed by atoms with Gasteiger partial charge < -0.3 is 40.5 Å². The Hall–Kier alpha value is -4.12. The molecule has 2 heterocycles. The number of phenols is 2. The lowest BCUT2D eigenvalue weighted by Gasteiger charge is -2.39. The highest BCUT2D eigenvalue weighted by atomic mass is 16.5. The van der Waals surface area contributed by atoms with Gasteiger partial charge in [0.1, 0.15) is 17.2 Å². The number of ether oxygens (including phenoxy) is 2. The zero-order valence-corrected chi connectivity index (χ0v) is 29.9. The van der Waals surface area contributed by atoms with Crippen molar-refractivity contribution in [2.75, 3.05) is 57.9 Å². The second-order valence-corrected chi connectivity index (χ2v) is 14.3. The summed E-state index contributed by atoms with van der Waals surface area (Å²) in [7, 11) is 0. The van der Waals surface area contributed by atoms with Crippen molar-refractivity contribution in [3.05, 3.63) is 82.9 Å². The lowest BCUT2D eigenvalue weighted by Crippen LogP contribution is -2.46. The summed E-state index contributed by atoms with van der Waals surface area (Å²) in [5.41, 5.74) is 4.35. The summed E-state index contributed by atoms with van der Waals surface area (Å²) >= 11 is 0. The monoisotopic (exact) mass is 698 g/mol. The Bertz CT molecular complexity index is 1620. The zero-order valence-electron chi connectivity index (χ0n) is 29.9. The quantitative estimate of drug-likeness (QED) is 0.101. The SMILES string of the molecule is C[C@H](C1CCCC1)N(CCNCCc1ccc(O)c2c1OCC(=O)N2)C(=O)CCOCCc1ccc(O)c(C2(c3ccccc3)CCNCC2)c1. The fraction of sp³-hybridized carbons (Fsp3) is 0.512. The molecule has 1 saturated heterocycles. The fourth-order valence-electron chi connectivity index (χ4n) is 8.25. The first kappa shape index (κ1) is 36.7. The van der Waals surface area contributed by atoms with E-state index in [9.17, 15) is 19.8 Å². The second-order valence-electron chi connectivity index (χ2n) is 14.3. The largest absolute Gasteiger partial charge is 0.508 e. The zero-order chi connectivity index (χ0) is 35.6. The highest BCUT2D eigenvalue weighted by Crippen LogP contribution is 2.44. The predicted molar refractivity (Wildman–Crippen MR) is 199 cm³/mol. The lowest BCUT2D eigenvalue weighted by molar-refractivity contribution is -0.135. The molecule has 10 nitrogen and oxygen atoms in total. The molecule has 3 aromatic rings. The molecular formula is C41H54N4O6. The molecule has 2 fully saturated rings. The fourth-order valence-corrected chi connectivity index (χ4v) is 8.25. The van der Waals surface area contributed by atoms with Gasteiger partial charge in [0, 0.05) is 30.1 Å². The molecule has 0 spiro atoms. The number of hydrogen-bond acceptors (Lipinski definition) is 8. The third-order valence-corrected chi connectivity index (χ3v) is 11.2. The summed E-state index contributed by atoms with van der Waals surface area (Å²) < 4.78 is 11.7. The van der Waals surface area contributed by atoms with Crippen molar-refractivity contribution < 1.29 is 29.3 Å². The smallest absolute Gasteiger partial charge is 0.262 e. The van der Waals surface area contributed by atoms with Gasteiger partial charge >= 0.3 is 0 Å². The van der Waals surface area contributed by atoms with E-state index >= 15 is 0 Å². The van der Waals surface area contributed by atoms with Crippen LogP contribution < -0.4 is 20.7 Å². The maximum Gasteiger partial charge on any atom is 0.262 e. The van der Waals surface area contributed by atoms with Crippen molar-refractivity contribution in [3.63, 3.8) is 0 Å². The minimum Gasteiger partial charge on any atom is -0.508 e. The summed E-state index contributed by atoms with van der Waals surface area (Å²) in [6, 6.07) is 20.1. The average molecular weight is 699 g/mol. The number of anilines is 1. The van der Waals surface area contributed by atoms with Crippen LogP contribution in [0.4, 0.5) is 5.69 Å². The van der Waals surface area contributed by atoms with Crippen molar-refractivity contribution in [2.45, 2.75) is 76.2 Å². The molecule has 2 amide bonds. The van der Waals surface area contributed by atoms with Gasteiger partial charge in [-0.05, 0) is 99.8 Å². The summed E-state index contributed by atoms with van der Waals surface area (Å²) in [5, 5.41) is 30.8. The Labute approximate surface area is 301 Å². The van der Waals surface area contributed by atoms with Gasteiger partial charge in [-0.3, -0.25) is 9.59 Å². The Balaban J connectivity index is 0.994. The molecule has 5 N–H and O–H groups in total. The number of piperidine rings is 1. The molecule has 274 valence electrons. The normalized spacial score (nSPS) is 17.7. The van der Waals surface area contributed by atoms with Gasteiger partial charge in [-0.1, -0.05) is 61.4 Å². The first-order chi connectivity index (χ1) is 24.9. The summed E-state index contributed by atoms with van der Waals surface area (Å²) in [4.78, 5) is 27.4. The average Bonchev–Trinajstić information content (AvgIpc) is 3.70. The number of hydrogen-bond donors (Lipinski definition) is 5. The Morgan fingerprint density at radius 1 is 1.00 bits per heavy atom. The molecule has 1 atom stereocenters. The molecule has 0 radical (unpaired) electrons. The van der Waals surface area contributed by atoms with E-state index in [-0.39, 0.29) is 35.6 Å². The van der Waals surface area contributed by atoms with Gasteiger partial charge in [0.25, 0.3) is 5.91 Å². The number of carbonyl (C=O) groups excluding carboxylic acids is 2. The molecule has 51 heavy (non-hydrogen) atoms. The number of carbonyl (C=O) groups is 2. The number of phenolic OH excluding ortho intramolecular Hbond substituents is 2. The van der Waals surface area contributed by atoms with Gasteiger partial charge in [-0.15, -0.1) is 0 Å². The van der Waals surface area contributed by atoms with Crippen LogP contribution in [-0.2, 0) is 32.6 Å². The second kappa shape index (κ2) is 17.4. The minimum atomic E-state index is -0.282. The van der Waals surface area contributed by atoms with Crippen molar-refractivity contribution in [2.24, 2.45) is 5.92 Å². The van der Waals surface area contributed by atoms with Gasteiger partial charge in [0.2, 0.25) is 5.91 Å². The molecule has 0 aromatic heterocycles. The molecule has 1 saturated carbocycles. The standard InChI is InChI=1S/C41H54N4O6/c1-29(31-7-5-6-8-31)45(24-23-42-20-15-32-12-14-36(47)39-40(32)51-28-37(48)44-39)38(49)17-26-50-25-16-30-11-13-35(46)34(27-30)41(18-21-43-22-19-41)33-9-3-2-4-10-33/h2-4,9-14,27,29,31,42-43,46-47H,5-8,15-26,28H2,1H3,(H,44,48)/t29-/m1/s1. The van der Waals surface area contributed by atoms with Crippen LogP contribution in [0.2, 0.25) is 0 Å². The summed E-state index contributed by atoms with van der Waals surface area (Å²) in [6.45, 7) is 6.75. The Kier molecular flexibility index (Phi) is 12.5. The Morgan fingerprint density at radius 2 is 1.76 bits per heavy atom. The number of benzene rings is 3. The number of rotatable bonds is 16. The van der Waals surface area contributed by atoms with E-state index in [1.54, 1.807) is 6.07 Å². The van der Waals surface area contributed by atoms with Gasteiger partial charge in [0.05, 0.1) is 19.6 Å². The highest BCUT2D eigenvalue weighted by Gasteiger charge is 2.38. The molecule has 0 unspecified atom stereocenters. The maximum absolute atomic E-state index is 13.6. The number of aromatic hydroxyl groups is 2. The van der Waals surface area contributed by atoms with Gasteiger partial charge in [-0.2, -0.15) is 0 Å². The van der Waals surface area contributed by atoms with Crippen LogP contribution in [0.3, 0.4) is 0 Å². The number of fused-ring (bicyclic) bond motifs is 1. The van der Waals surface area contributed by atoms with Crippen LogP contribution in [0.1, 0.15) is 74.1 Å². The summed E-state index contributed by atoms with van der Waals surface area (Å²) in [5.74, 6) is 1.21. The van der Waals surface area contributed by atoms with Crippen LogP contribution in [0.15, 0.2) is 60.7 Å². The molecule has 3 aromatic carbocycles. The first-order valence-electron chi connectivity index (χ1n) is 18.8. The third-order valence-electron chi connectivity index (χ3n) is 11.2. The minimum absolute atomic E-state index is 0.00680. The molecule has 0 bridgehead atoms. The van der Waals surface area contributed by atoms with E-state index < -0.39 is 0 Å². The van der Waals surface area contributed by atoms with Crippen LogP contribution in [0.25, 0.3) is 0 Å². The van der Waals surface area contributed by atoms with E-state index in [1.165, 1.54) is 18.4 Å². The third kappa shape index (κ3) is 8.86. The van der Waals surface area contributed by atoms with Crippen LogP contribution in [0, 0.1) is 5.92 Å². The van der Waals surface area contributed by atoms with E-state index in [4.69, 9.17) is 9.47 Å². The van der Waals surface area contributed by atoms with Crippen molar-refractivity contribution in [1.82, 2.24) is 15.5 Å². The van der Waals surface area contributed by atoms with E-state index in [2.05, 4.69) is 53.2 Å². The molecule has 1 aliphatic carbocycles. The number of nitrogens with one attached hydrogen (secondary N) is 3. The van der Waals surface area contributed by atoms with Crippen molar-refractivity contribution in [1.29, 1.82) is 0 Å². The van der Waals surface area contributed by atoms with Crippen LogP contribution in [-0.4, -0.2) is 85.5 Å². The van der Waals surface area contributed by atoms with Gasteiger partial charge in [-0.25, -0.2) is 0 Å².